The number of thiazole rings is 2. The number of amides is 1. The second-order valence-electron chi connectivity index (χ2n) is 5.06. The Morgan fingerprint density at radius 3 is 2.62 bits per heavy atom. The van der Waals surface area contributed by atoms with Gasteiger partial charge in [0.2, 0.25) is 0 Å². The summed E-state index contributed by atoms with van der Waals surface area (Å²) < 4.78 is 1.07. The third kappa shape index (κ3) is 2.82. The van der Waals surface area contributed by atoms with Crippen molar-refractivity contribution in [2.75, 3.05) is 5.32 Å². The Balaban J connectivity index is 1.85. The van der Waals surface area contributed by atoms with Gasteiger partial charge in [0.15, 0.2) is 5.13 Å². The minimum absolute atomic E-state index is 0.129. The van der Waals surface area contributed by atoms with Gasteiger partial charge in [-0.1, -0.05) is 37.3 Å². The van der Waals surface area contributed by atoms with Crippen LogP contribution < -0.4 is 5.32 Å². The van der Waals surface area contributed by atoms with E-state index in [2.05, 4.69) is 29.1 Å². The van der Waals surface area contributed by atoms with Crippen LogP contribution in [0.4, 0.5) is 5.13 Å². The number of aromatic nitrogens is 2. The maximum atomic E-state index is 12.4. The molecule has 0 aliphatic carbocycles. The third-order valence-corrected chi connectivity index (χ3v) is 5.44. The standard InChI is InChI=1S/C15H15N3OS2/c1-8(2)14-16-9(3)12(21-14)13(19)18-15-17-10-6-4-5-7-11(10)20-15/h4-8H,1-3H3,(H,17,18,19). The van der Waals surface area contributed by atoms with Crippen molar-refractivity contribution in [3.63, 3.8) is 0 Å². The van der Waals surface area contributed by atoms with Gasteiger partial charge in [0.05, 0.1) is 20.9 Å². The first-order valence-electron chi connectivity index (χ1n) is 6.69. The molecule has 21 heavy (non-hydrogen) atoms. The van der Waals surface area contributed by atoms with Crippen molar-refractivity contribution in [2.24, 2.45) is 0 Å². The number of hydrogen-bond acceptors (Lipinski definition) is 5. The zero-order valence-electron chi connectivity index (χ0n) is 12.0. The first-order valence-corrected chi connectivity index (χ1v) is 8.32. The van der Waals surface area contributed by atoms with Crippen LogP contribution in [-0.2, 0) is 0 Å². The molecular formula is C15H15N3OS2. The molecular weight excluding hydrogens is 302 g/mol. The number of aryl methyl sites for hydroxylation is 1. The zero-order valence-corrected chi connectivity index (χ0v) is 13.6. The number of carbonyl (C=O) groups is 1. The Kier molecular flexibility index (Phi) is 3.73. The van der Waals surface area contributed by atoms with Crippen LogP contribution in [-0.4, -0.2) is 15.9 Å². The van der Waals surface area contributed by atoms with E-state index in [1.165, 1.54) is 22.7 Å². The summed E-state index contributed by atoms with van der Waals surface area (Å²) in [6, 6.07) is 7.85. The Labute approximate surface area is 130 Å². The Hall–Kier alpha value is -1.79. The maximum Gasteiger partial charge on any atom is 0.269 e. The normalized spacial score (nSPS) is 11.2. The zero-order chi connectivity index (χ0) is 15.0. The number of anilines is 1. The van der Waals surface area contributed by atoms with Crippen molar-refractivity contribution in [3.05, 3.63) is 39.8 Å². The quantitative estimate of drug-likeness (QED) is 0.777. The van der Waals surface area contributed by atoms with Crippen LogP contribution in [0.5, 0.6) is 0 Å². The van der Waals surface area contributed by atoms with Crippen LogP contribution in [0.1, 0.15) is 40.1 Å². The van der Waals surface area contributed by atoms with E-state index < -0.39 is 0 Å². The molecule has 4 nitrogen and oxygen atoms in total. The topological polar surface area (TPSA) is 54.9 Å². The highest BCUT2D eigenvalue weighted by Crippen LogP contribution is 2.28. The molecule has 108 valence electrons. The molecule has 0 bridgehead atoms. The summed E-state index contributed by atoms with van der Waals surface area (Å²) in [6.07, 6.45) is 0. The van der Waals surface area contributed by atoms with Gasteiger partial charge in [-0.2, -0.15) is 0 Å². The molecule has 1 amide bonds. The van der Waals surface area contributed by atoms with E-state index in [0.29, 0.717) is 15.9 Å². The summed E-state index contributed by atoms with van der Waals surface area (Å²) in [6.45, 7) is 6.02. The molecule has 3 rings (SSSR count). The van der Waals surface area contributed by atoms with E-state index in [9.17, 15) is 4.79 Å². The van der Waals surface area contributed by atoms with Gasteiger partial charge in [0.1, 0.15) is 4.88 Å². The van der Waals surface area contributed by atoms with Crippen molar-refractivity contribution in [2.45, 2.75) is 26.7 Å². The number of fused-ring (bicyclic) bond motifs is 1. The summed E-state index contributed by atoms with van der Waals surface area (Å²) in [7, 11) is 0. The minimum Gasteiger partial charge on any atom is -0.297 e. The minimum atomic E-state index is -0.129. The first-order chi connectivity index (χ1) is 10.0. The summed E-state index contributed by atoms with van der Waals surface area (Å²) >= 11 is 2.94. The van der Waals surface area contributed by atoms with E-state index >= 15 is 0 Å². The van der Waals surface area contributed by atoms with Crippen LogP contribution in [0.15, 0.2) is 24.3 Å². The second kappa shape index (κ2) is 5.54. The first kappa shape index (κ1) is 14.2. The van der Waals surface area contributed by atoms with Crippen LogP contribution in [0, 0.1) is 6.92 Å². The molecule has 6 heteroatoms. The molecule has 0 radical (unpaired) electrons. The number of benzene rings is 1. The molecule has 0 fully saturated rings. The highest BCUT2D eigenvalue weighted by atomic mass is 32.1. The van der Waals surface area contributed by atoms with Crippen molar-refractivity contribution >= 4 is 43.9 Å². The molecule has 1 aromatic carbocycles. The fourth-order valence-electron chi connectivity index (χ4n) is 1.95. The predicted octanol–water partition coefficient (Wildman–Crippen LogP) is 4.44. The molecule has 0 aliphatic heterocycles. The van der Waals surface area contributed by atoms with Gasteiger partial charge in [0.25, 0.3) is 5.91 Å². The second-order valence-corrected chi connectivity index (χ2v) is 7.12. The van der Waals surface area contributed by atoms with Gasteiger partial charge in [0, 0.05) is 5.92 Å². The fraction of sp³-hybridized carbons (Fsp3) is 0.267. The van der Waals surface area contributed by atoms with Gasteiger partial charge in [-0.25, -0.2) is 9.97 Å². The SMILES string of the molecule is Cc1nc(C(C)C)sc1C(=O)Nc1nc2ccccc2s1. The number of nitrogens with zero attached hydrogens (tertiary/aromatic N) is 2. The van der Waals surface area contributed by atoms with Gasteiger partial charge < -0.3 is 0 Å². The van der Waals surface area contributed by atoms with Gasteiger partial charge in [-0.3, -0.25) is 10.1 Å². The van der Waals surface area contributed by atoms with E-state index in [4.69, 9.17) is 0 Å². The molecule has 1 N–H and O–H groups in total. The summed E-state index contributed by atoms with van der Waals surface area (Å²) in [5.41, 5.74) is 1.68. The van der Waals surface area contributed by atoms with Crippen LogP contribution >= 0.6 is 22.7 Å². The lowest BCUT2D eigenvalue weighted by atomic mass is 10.2. The molecule has 0 atom stereocenters. The molecule has 0 saturated carbocycles. The highest BCUT2D eigenvalue weighted by molar-refractivity contribution is 7.22. The summed E-state index contributed by atoms with van der Waals surface area (Å²) in [5.74, 6) is 0.202. The Bertz CT molecular complexity index is 771. The molecule has 0 saturated heterocycles. The van der Waals surface area contributed by atoms with Crippen LogP contribution in [0.25, 0.3) is 10.2 Å². The number of rotatable bonds is 3. The number of para-hydroxylation sites is 1. The van der Waals surface area contributed by atoms with Gasteiger partial charge in [-0.15, -0.1) is 11.3 Å². The molecule has 2 aromatic heterocycles. The summed E-state index contributed by atoms with van der Waals surface area (Å²) in [5, 5.41) is 4.49. The average Bonchev–Trinajstić information content (AvgIpc) is 3.01. The van der Waals surface area contributed by atoms with Crippen molar-refractivity contribution in [3.8, 4) is 0 Å². The highest BCUT2D eigenvalue weighted by Gasteiger charge is 2.18. The van der Waals surface area contributed by atoms with Crippen molar-refractivity contribution in [1.82, 2.24) is 9.97 Å². The molecule has 0 unspecified atom stereocenters. The molecule has 3 aromatic rings. The van der Waals surface area contributed by atoms with E-state index in [1.54, 1.807) is 0 Å². The maximum absolute atomic E-state index is 12.4. The Morgan fingerprint density at radius 2 is 1.95 bits per heavy atom. The molecule has 2 heterocycles. The summed E-state index contributed by atoms with van der Waals surface area (Å²) in [4.78, 5) is 21.9. The van der Waals surface area contributed by atoms with Crippen molar-refractivity contribution in [1.29, 1.82) is 0 Å². The number of hydrogen-bond donors (Lipinski definition) is 1. The van der Waals surface area contributed by atoms with Crippen molar-refractivity contribution < 1.29 is 4.79 Å². The van der Waals surface area contributed by atoms with E-state index in [0.717, 1.165) is 20.9 Å². The molecule has 0 aliphatic rings. The number of carbonyl (C=O) groups excluding carboxylic acids is 1. The number of nitrogens with one attached hydrogen (secondary N) is 1. The molecule has 0 spiro atoms. The lowest BCUT2D eigenvalue weighted by molar-refractivity contribution is 0.103. The predicted molar refractivity (Wildman–Crippen MR) is 88.5 cm³/mol. The average molecular weight is 317 g/mol. The van der Waals surface area contributed by atoms with E-state index in [-0.39, 0.29) is 5.91 Å². The van der Waals surface area contributed by atoms with Gasteiger partial charge >= 0.3 is 0 Å². The van der Waals surface area contributed by atoms with Gasteiger partial charge in [-0.05, 0) is 19.1 Å². The lowest BCUT2D eigenvalue weighted by Gasteiger charge is -1.98. The van der Waals surface area contributed by atoms with Crippen LogP contribution in [0.3, 0.4) is 0 Å². The third-order valence-electron chi connectivity index (χ3n) is 3.03. The fourth-order valence-corrected chi connectivity index (χ4v) is 3.78. The Morgan fingerprint density at radius 1 is 1.19 bits per heavy atom. The lowest BCUT2D eigenvalue weighted by Crippen LogP contribution is -2.11. The smallest absolute Gasteiger partial charge is 0.269 e. The monoisotopic (exact) mass is 317 g/mol. The van der Waals surface area contributed by atoms with Crippen LogP contribution in [0.2, 0.25) is 0 Å². The van der Waals surface area contributed by atoms with E-state index in [1.807, 2.05) is 31.2 Å². The largest absolute Gasteiger partial charge is 0.297 e.